The third-order valence-electron chi connectivity index (χ3n) is 7.55. The van der Waals surface area contributed by atoms with Gasteiger partial charge in [0.05, 0.1) is 6.04 Å². The van der Waals surface area contributed by atoms with Crippen LogP contribution >= 0.6 is 0 Å². The van der Waals surface area contributed by atoms with Gasteiger partial charge in [0.2, 0.25) is 23.6 Å². The number of carbonyl (C=O) groups excluding carboxylic acids is 4. The molecule has 0 aliphatic heterocycles. The van der Waals surface area contributed by atoms with Gasteiger partial charge in [0, 0.05) is 19.4 Å². The van der Waals surface area contributed by atoms with E-state index in [-0.39, 0.29) is 43.9 Å². The van der Waals surface area contributed by atoms with Gasteiger partial charge in [0.15, 0.2) is 5.96 Å². The molecular formula is C32H49N9O5. The number of carbonyl (C=O) groups is 4. The lowest BCUT2D eigenvalue weighted by Gasteiger charge is -2.26. The van der Waals surface area contributed by atoms with E-state index in [1.807, 2.05) is 30.3 Å². The second-order valence-electron chi connectivity index (χ2n) is 11.4. The minimum Gasteiger partial charge on any atom is -0.508 e. The van der Waals surface area contributed by atoms with Gasteiger partial charge in [-0.15, -0.1) is 0 Å². The van der Waals surface area contributed by atoms with Crippen molar-refractivity contribution in [3.8, 4) is 5.75 Å². The molecule has 4 amide bonds. The quantitative estimate of drug-likeness (QED) is 0.0530. The molecule has 0 aliphatic rings. The number of aryl methyl sites for hydroxylation is 2. The average molecular weight is 640 g/mol. The van der Waals surface area contributed by atoms with Gasteiger partial charge in [-0.3, -0.25) is 24.2 Å². The van der Waals surface area contributed by atoms with Crippen LogP contribution in [-0.2, 0) is 32.0 Å². The Hall–Kier alpha value is -4.69. The summed E-state index contributed by atoms with van der Waals surface area (Å²) < 4.78 is 0. The second kappa shape index (κ2) is 19.0. The van der Waals surface area contributed by atoms with Crippen molar-refractivity contribution in [1.29, 1.82) is 0 Å². The van der Waals surface area contributed by atoms with Crippen molar-refractivity contribution in [2.45, 2.75) is 83.0 Å². The molecule has 2 unspecified atom stereocenters. The number of nitrogens with one attached hydrogen (secondary N) is 3. The zero-order valence-electron chi connectivity index (χ0n) is 26.6. The summed E-state index contributed by atoms with van der Waals surface area (Å²) in [5, 5.41) is 18.2. The highest BCUT2D eigenvalue weighted by Gasteiger charge is 2.30. The van der Waals surface area contributed by atoms with Crippen LogP contribution in [0.25, 0.3) is 0 Å². The van der Waals surface area contributed by atoms with E-state index in [4.69, 9.17) is 28.7 Å². The Morgan fingerprint density at radius 1 is 0.783 bits per heavy atom. The molecule has 252 valence electrons. The summed E-state index contributed by atoms with van der Waals surface area (Å²) in [5.41, 5.74) is 31.1. The van der Waals surface area contributed by atoms with E-state index >= 15 is 0 Å². The predicted octanol–water partition coefficient (Wildman–Crippen LogP) is -0.756. The Balaban J connectivity index is 2.30. The number of aliphatic imine (C=N–C) groups is 1. The van der Waals surface area contributed by atoms with Gasteiger partial charge in [0.1, 0.15) is 23.9 Å². The first kappa shape index (κ1) is 37.5. The molecule has 0 radical (unpaired) electrons. The van der Waals surface area contributed by atoms with E-state index in [1.165, 1.54) is 0 Å². The second-order valence-corrected chi connectivity index (χ2v) is 11.4. The minimum atomic E-state index is -1.13. The first-order chi connectivity index (χ1) is 21.8. The normalized spacial score (nSPS) is 13.5. The third kappa shape index (κ3) is 12.7. The number of benzene rings is 2. The molecule has 0 aromatic heterocycles. The highest BCUT2D eigenvalue weighted by molar-refractivity contribution is 5.94. The minimum absolute atomic E-state index is 0.0608. The van der Waals surface area contributed by atoms with Crippen LogP contribution in [0.15, 0.2) is 47.5 Å². The molecule has 4 atom stereocenters. The number of hydrogen-bond acceptors (Lipinski definition) is 8. The highest BCUT2D eigenvalue weighted by Crippen LogP contribution is 2.22. The van der Waals surface area contributed by atoms with E-state index in [2.05, 4.69) is 20.9 Å². The molecule has 14 nitrogen and oxygen atoms in total. The molecule has 14 heteroatoms. The Morgan fingerprint density at radius 3 is 1.96 bits per heavy atom. The van der Waals surface area contributed by atoms with Gasteiger partial charge >= 0.3 is 0 Å². The van der Waals surface area contributed by atoms with E-state index in [9.17, 15) is 24.3 Å². The Kier molecular flexibility index (Phi) is 15.5. The molecule has 0 fully saturated rings. The average Bonchev–Trinajstić information content (AvgIpc) is 2.99. The molecule has 2 aromatic carbocycles. The summed E-state index contributed by atoms with van der Waals surface area (Å²) >= 11 is 0. The van der Waals surface area contributed by atoms with Crippen molar-refractivity contribution < 1.29 is 24.3 Å². The Morgan fingerprint density at radius 2 is 1.37 bits per heavy atom. The maximum Gasteiger partial charge on any atom is 0.243 e. The van der Waals surface area contributed by atoms with Crippen LogP contribution in [0, 0.1) is 13.8 Å². The molecule has 0 saturated heterocycles. The zero-order chi connectivity index (χ0) is 34.2. The lowest BCUT2D eigenvalue weighted by Crippen LogP contribution is -2.58. The number of phenols is 1. The monoisotopic (exact) mass is 639 g/mol. The molecular weight excluding hydrogens is 590 g/mol. The van der Waals surface area contributed by atoms with E-state index in [1.54, 1.807) is 26.0 Å². The van der Waals surface area contributed by atoms with Crippen LogP contribution in [0.5, 0.6) is 5.75 Å². The number of unbranched alkanes of at least 4 members (excludes halogenated alkanes) is 1. The molecule has 0 aliphatic carbocycles. The Bertz CT molecular complexity index is 1330. The summed E-state index contributed by atoms with van der Waals surface area (Å²) in [6, 6.07) is 8.07. The topological polar surface area (TPSA) is 267 Å². The first-order valence-corrected chi connectivity index (χ1v) is 15.4. The number of nitrogens with two attached hydrogens (primary N) is 5. The molecule has 46 heavy (non-hydrogen) atoms. The van der Waals surface area contributed by atoms with E-state index < -0.39 is 47.8 Å². The molecule has 2 rings (SSSR count). The van der Waals surface area contributed by atoms with Gasteiger partial charge in [-0.2, -0.15) is 0 Å². The smallest absolute Gasteiger partial charge is 0.243 e. The van der Waals surface area contributed by atoms with Gasteiger partial charge in [0.25, 0.3) is 0 Å². The van der Waals surface area contributed by atoms with Crippen LogP contribution < -0.4 is 44.6 Å². The number of guanidine groups is 1. The molecule has 2 aromatic rings. The number of primary amides is 1. The van der Waals surface area contributed by atoms with Gasteiger partial charge < -0.3 is 49.7 Å². The van der Waals surface area contributed by atoms with E-state index in [0.29, 0.717) is 36.9 Å². The van der Waals surface area contributed by atoms with Crippen molar-refractivity contribution in [2.24, 2.45) is 33.7 Å². The summed E-state index contributed by atoms with van der Waals surface area (Å²) in [6.45, 7) is 4.25. The van der Waals surface area contributed by atoms with Crippen LogP contribution in [-0.4, -0.2) is 72.0 Å². The lowest BCUT2D eigenvalue weighted by molar-refractivity contribution is -0.133. The van der Waals surface area contributed by atoms with Crippen molar-refractivity contribution in [1.82, 2.24) is 16.0 Å². The molecule has 0 bridgehead atoms. The largest absolute Gasteiger partial charge is 0.508 e. The fraction of sp³-hybridized carbons (Fsp3) is 0.469. The fourth-order valence-corrected chi connectivity index (χ4v) is 5.01. The summed E-state index contributed by atoms with van der Waals surface area (Å²) in [6.07, 6.45) is 2.27. The van der Waals surface area contributed by atoms with E-state index in [0.717, 1.165) is 11.1 Å². The lowest BCUT2D eigenvalue weighted by atomic mass is 9.95. The van der Waals surface area contributed by atoms with Crippen LogP contribution in [0.2, 0.25) is 0 Å². The summed E-state index contributed by atoms with van der Waals surface area (Å²) in [5.74, 6) is -2.51. The van der Waals surface area contributed by atoms with Gasteiger partial charge in [-0.1, -0.05) is 30.3 Å². The predicted molar refractivity (Wildman–Crippen MR) is 177 cm³/mol. The van der Waals surface area contributed by atoms with Crippen LogP contribution in [0.1, 0.15) is 54.4 Å². The number of nitrogens with zero attached hydrogens (tertiary/aromatic N) is 1. The SMILES string of the molecule is Cc1cc(O)cc(C)c1CC(NC(=O)[C@H](N)CCCN=C(N)N)C(=O)N[C@@H](CCCCN)C(=O)NC(Cc1ccccc1)C(N)=O. The third-order valence-corrected chi connectivity index (χ3v) is 7.55. The molecule has 0 heterocycles. The van der Waals surface area contributed by atoms with Gasteiger partial charge in [-0.25, -0.2) is 0 Å². The standard InChI is InChI=1S/C32H49N9O5/c1-19-15-22(42)16-20(2)23(19)18-27(41-29(44)24(34)11-8-14-38-32(36)37)31(46)39-25(12-6-7-13-33)30(45)40-26(28(35)43)17-21-9-4-3-5-10-21/h3-5,9-10,15-16,24-27,42H,6-8,11-14,17-18,33-34H2,1-2H3,(H2,35,43)(H,39,46)(H,40,45)(H,41,44)(H4,36,37,38)/t24-,25+,26?,27?/m1/s1. The van der Waals surface area contributed by atoms with Crippen LogP contribution in [0.4, 0.5) is 0 Å². The van der Waals surface area contributed by atoms with Gasteiger partial charge in [-0.05, 0) is 86.9 Å². The van der Waals surface area contributed by atoms with Crippen molar-refractivity contribution >= 4 is 29.6 Å². The number of hydrogen-bond donors (Lipinski definition) is 9. The van der Waals surface area contributed by atoms with Crippen molar-refractivity contribution in [3.05, 3.63) is 64.7 Å². The maximum absolute atomic E-state index is 13.8. The highest BCUT2D eigenvalue weighted by atomic mass is 16.3. The first-order valence-electron chi connectivity index (χ1n) is 15.4. The molecule has 14 N–H and O–H groups in total. The van der Waals surface area contributed by atoms with Crippen molar-refractivity contribution in [2.75, 3.05) is 13.1 Å². The molecule has 0 spiro atoms. The maximum atomic E-state index is 13.8. The number of phenolic OH excluding ortho intramolecular Hbond substituents is 1. The Labute approximate surface area is 269 Å². The molecule has 0 saturated carbocycles. The van der Waals surface area contributed by atoms with Crippen LogP contribution in [0.3, 0.4) is 0 Å². The number of amides is 4. The summed E-state index contributed by atoms with van der Waals surface area (Å²) in [4.78, 5) is 56.6. The number of rotatable bonds is 19. The fourth-order valence-electron chi connectivity index (χ4n) is 5.01. The zero-order valence-corrected chi connectivity index (χ0v) is 26.6. The van der Waals surface area contributed by atoms with Crippen molar-refractivity contribution in [3.63, 3.8) is 0 Å². The summed E-state index contributed by atoms with van der Waals surface area (Å²) in [7, 11) is 0. The number of aromatic hydroxyl groups is 1.